The Morgan fingerprint density at radius 3 is 2.84 bits per heavy atom. The number of anilines is 1. The molecule has 0 bridgehead atoms. The van der Waals surface area contributed by atoms with E-state index in [2.05, 4.69) is 15.2 Å². The van der Waals surface area contributed by atoms with Crippen molar-refractivity contribution in [3.05, 3.63) is 53.2 Å². The van der Waals surface area contributed by atoms with Crippen LogP contribution >= 0.6 is 0 Å². The minimum atomic E-state index is -0.122. The van der Waals surface area contributed by atoms with Gasteiger partial charge in [0, 0.05) is 31.4 Å². The Bertz CT molecular complexity index is 742. The number of carbonyl (C=O) groups is 1. The number of aryl methyl sites for hydroxylation is 1. The van der Waals surface area contributed by atoms with Crippen molar-refractivity contribution >= 4 is 11.7 Å². The van der Waals surface area contributed by atoms with Gasteiger partial charge in [-0.25, -0.2) is 4.98 Å². The van der Waals surface area contributed by atoms with Crippen molar-refractivity contribution < 1.29 is 14.3 Å². The smallest absolute Gasteiger partial charge is 0.251 e. The maximum absolute atomic E-state index is 12.4. The van der Waals surface area contributed by atoms with Crippen LogP contribution in [0.3, 0.4) is 0 Å². The average molecular weight is 341 g/mol. The number of amides is 1. The molecule has 1 aromatic carbocycles. The zero-order valence-electron chi connectivity index (χ0n) is 14.6. The van der Waals surface area contributed by atoms with E-state index in [1.54, 1.807) is 25.4 Å². The van der Waals surface area contributed by atoms with E-state index in [4.69, 9.17) is 9.47 Å². The van der Waals surface area contributed by atoms with Gasteiger partial charge in [0.15, 0.2) is 0 Å². The molecule has 6 nitrogen and oxygen atoms in total. The van der Waals surface area contributed by atoms with Crippen LogP contribution in [0, 0.1) is 6.92 Å². The third-order valence-corrected chi connectivity index (χ3v) is 4.27. The number of pyridine rings is 1. The van der Waals surface area contributed by atoms with Crippen molar-refractivity contribution in [2.24, 2.45) is 0 Å². The van der Waals surface area contributed by atoms with Gasteiger partial charge in [-0.1, -0.05) is 6.07 Å². The average Bonchev–Trinajstić information content (AvgIpc) is 2.67. The summed E-state index contributed by atoms with van der Waals surface area (Å²) in [5.74, 6) is 1.52. The maximum atomic E-state index is 12.4. The molecule has 1 saturated heterocycles. The van der Waals surface area contributed by atoms with Gasteiger partial charge in [0.1, 0.15) is 11.6 Å². The topological polar surface area (TPSA) is 63.7 Å². The molecule has 1 aromatic heterocycles. The highest BCUT2D eigenvalue weighted by Gasteiger charge is 2.13. The summed E-state index contributed by atoms with van der Waals surface area (Å²) in [6.45, 7) is 5.52. The number of carbonyl (C=O) groups excluding carboxylic acids is 1. The van der Waals surface area contributed by atoms with Gasteiger partial charge in [0.05, 0.1) is 20.3 Å². The molecule has 1 aliphatic heterocycles. The Balaban J connectivity index is 1.64. The first-order chi connectivity index (χ1) is 12.2. The Kier molecular flexibility index (Phi) is 5.50. The van der Waals surface area contributed by atoms with Crippen LogP contribution in [-0.2, 0) is 11.3 Å². The van der Waals surface area contributed by atoms with E-state index in [0.717, 1.165) is 43.2 Å². The lowest BCUT2D eigenvalue weighted by Crippen LogP contribution is -2.36. The number of rotatable bonds is 5. The summed E-state index contributed by atoms with van der Waals surface area (Å²) in [7, 11) is 1.61. The first-order valence-electron chi connectivity index (χ1n) is 8.38. The molecule has 2 heterocycles. The molecule has 1 fully saturated rings. The molecule has 6 heteroatoms. The minimum Gasteiger partial charge on any atom is -0.496 e. The lowest BCUT2D eigenvalue weighted by Gasteiger charge is -2.28. The van der Waals surface area contributed by atoms with Crippen LogP contribution in [0.5, 0.6) is 5.75 Å². The number of methoxy groups -OCH3 is 1. The van der Waals surface area contributed by atoms with Gasteiger partial charge >= 0.3 is 0 Å². The molecule has 3 rings (SSSR count). The van der Waals surface area contributed by atoms with Gasteiger partial charge in [0.2, 0.25) is 0 Å². The summed E-state index contributed by atoms with van der Waals surface area (Å²) in [5, 5.41) is 2.95. The van der Waals surface area contributed by atoms with Crippen LogP contribution < -0.4 is 15.0 Å². The standard InChI is InChI=1S/C19H23N3O3/c1-14-3-4-16(12-17(14)24-2)19(23)21-13-15-5-6-20-18(11-15)22-7-9-25-10-8-22/h3-6,11-12H,7-10,13H2,1-2H3,(H,21,23). The number of aromatic nitrogens is 1. The van der Waals surface area contributed by atoms with Gasteiger partial charge in [-0.3, -0.25) is 4.79 Å². The molecule has 1 N–H and O–H groups in total. The largest absolute Gasteiger partial charge is 0.496 e. The van der Waals surface area contributed by atoms with Crippen LogP contribution in [0.1, 0.15) is 21.5 Å². The molecule has 25 heavy (non-hydrogen) atoms. The van der Waals surface area contributed by atoms with Crippen molar-refractivity contribution in [3.63, 3.8) is 0 Å². The lowest BCUT2D eigenvalue weighted by molar-refractivity contribution is 0.0950. The summed E-state index contributed by atoms with van der Waals surface area (Å²) in [6.07, 6.45) is 1.78. The molecule has 0 unspecified atom stereocenters. The molecule has 1 amide bonds. The van der Waals surface area contributed by atoms with Gasteiger partial charge in [0.25, 0.3) is 5.91 Å². The molecule has 0 atom stereocenters. The predicted octanol–water partition coefficient (Wildman–Crippen LogP) is 2.17. The number of hydrogen-bond donors (Lipinski definition) is 1. The van der Waals surface area contributed by atoms with E-state index in [0.29, 0.717) is 17.9 Å². The molecule has 2 aromatic rings. The number of benzene rings is 1. The SMILES string of the molecule is COc1cc(C(=O)NCc2ccnc(N3CCOCC3)c2)ccc1C. The number of morpholine rings is 1. The van der Waals surface area contributed by atoms with E-state index < -0.39 is 0 Å². The summed E-state index contributed by atoms with van der Waals surface area (Å²) in [4.78, 5) is 19.0. The normalized spacial score (nSPS) is 14.2. The van der Waals surface area contributed by atoms with Crippen LogP contribution in [0.15, 0.2) is 36.5 Å². The van der Waals surface area contributed by atoms with Crippen molar-refractivity contribution in [2.45, 2.75) is 13.5 Å². The summed E-state index contributed by atoms with van der Waals surface area (Å²) < 4.78 is 10.6. The number of ether oxygens (including phenoxy) is 2. The van der Waals surface area contributed by atoms with Crippen molar-refractivity contribution in [1.29, 1.82) is 0 Å². The van der Waals surface area contributed by atoms with Crippen molar-refractivity contribution in [3.8, 4) is 5.75 Å². The monoisotopic (exact) mass is 341 g/mol. The van der Waals surface area contributed by atoms with Gasteiger partial charge < -0.3 is 19.7 Å². The second kappa shape index (κ2) is 7.98. The van der Waals surface area contributed by atoms with Crippen LogP contribution in [0.2, 0.25) is 0 Å². The predicted molar refractivity (Wildman–Crippen MR) is 96.2 cm³/mol. The Labute approximate surface area is 147 Å². The lowest BCUT2D eigenvalue weighted by atomic mass is 10.1. The quantitative estimate of drug-likeness (QED) is 0.903. The van der Waals surface area contributed by atoms with Gasteiger partial charge in [-0.05, 0) is 42.3 Å². The second-order valence-electron chi connectivity index (χ2n) is 5.99. The molecular formula is C19H23N3O3. The van der Waals surface area contributed by atoms with Crippen LogP contribution in [-0.4, -0.2) is 44.3 Å². The summed E-state index contributed by atoms with van der Waals surface area (Å²) in [6, 6.07) is 9.38. The zero-order chi connectivity index (χ0) is 17.6. The van der Waals surface area contributed by atoms with Gasteiger partial charge in [-0.2, -0.15) is 0 Å². The summed E-state index contributed by atoms with van der Waals surface area (Å²) in [5.41, 5.74) is 2.61. The van der Waals surface area contributed by atoms with Crippen LogP contribution in [0.25, 0.3) is 0 Å². The fourth-order valence-electron chi connectivity index (χ4n) is 2.78. The van der Waals surface area contributed by atoms with E-state index in [1.165, 1.54) is 0 Å². The maximum Gasteiger partial charge on any atom is 0.251 e. The highest BCUT2D eigenvalue weighted by atomic mass is 16.5. The fraction of sp³-hybridized carbons (Fsp3) is 0.368. The van der Waals surface area contributed by atoms with E-state index in [9.17, 15) is 4.79 Å². The first kappa shape index (κ1) is 17.2. The van der Waals surface area contributed by atoms with E-state index >= 15 is 0 Å². The Hall–Kier alpha value is -2.60. The Morgan fingerprint density at radius 1 is 1.28 bits per heavy atom. The molecule has 132 valence electrons. The highest BCUT2D eigenvalue weighted by Crippen LogP contribution is 2.19. The number of nitrogens with one attached hydrogen (secondary N) is 1. The zero-order valence-corrected chi connectivity index (χ0v) is 14.6. The minimum absolute atomic E-state index is 0.122. The fourth-order valence-corrected chi connectivity index (χ4v) is 2.78. The third-order valence-electron chi connectivity index (χ3n) is 4.27. The van der Waals surface area contributed by atoms with E-state index in [1.807, 2.05) is 25.1 Å². The van der Waals surface area contributed by atoms with Crippen molar-refractivity contribution in [2.75, 3.05) is 38.3 Å². The molecule has 1 aliphatic rings. The molecule has 0 aliphatic carbocycles. The highest BCUT2D eigenvalue weighted by molar-refractivity contribution is 5.94. The molecular weight excluding hydrogens is 318 g/mol. The number of hydrogen-bond acceptors (Lipinski definition) is 5. The molecule has 0 spiro atoms. The molecule has 0 saturated carbocycles. The van der Waals surface area contributed by atoms with Crippen LogP contribution in [0.4, 0.5) is 5.82 Å². The third kappa shape index (κ3) is 4.28. The number of nitrogens with zero attached hydrogens (tertiary/aromatic N) is 2. The Morgan fingerprint density at radius 2 is 2.08 bits per heavy atom. The first-order valence-corrected chi connectivity index (χ1v) is 8.38. The molecule has 0 radical (unpaired) electrons. The summed E-state index contributed by atoms with van der Waals surface area (Å²) >= 11 is 0. The second-order valence-corrected chi connectivity index (χ2v) is 5.99. The van der Waals surface area contributed by atoms with E-state index in [-0.39, 0.29) is 5.91 Å². The van der Waals surface area contributed by atoms with Gasteiger partial charge in [-0.15, -0.1) is 0 Å². The van der Waals surface area contributed by atoms with Crippen molar-refractivity contribution in [1.82, 2.24) is 10.3 Å².